The first-order valence-electron chi connectivity index (χ1n) is 9.27. The lowest BCUT2D eigenvalue weighted by Gasteiger charge is -2.19. The Labute approximate surface area is 152 Å². The summed E-state index contributed by atoms with van der Waals surface area (Å²) in [5.41, 5.74) is 2.30. The maximum absolute atomic E-state index is 6.08. The van der Waals surface area contributed by atoms with E-state index >= 15 is 0 Å². The summed E-state index contributed by atoms with van der Waals surface area (Å²) in [4.78, 5) is 0. The Hall–Kier alpha value is -2.16. The van der Waals surface area contributed by atoms with Crippen LogP contribution in [0, 0.1) is 12.8 Å². The monoisotopic (exact) mass is 341 g/mol. The van der Waals surface area contributed by atoms with Crippen LogP contribution in [0.5, 0.6) is 11.5 Å². The third-order valence-corrected chi connectivity index (χ3v) is 4.10. The van der Waals surface area contributed by atoms with Crippen LogP contribution in [0.2, 0.25) is 0 Å². The molecule has 0 aliphatic carbocycles. The highest BCUT2D eigenvalue weighted by molar-refractivity contribution is 5.46. The van der Waals surface area contributed by atoms with Crippen molar-refractivity contribution < 1.29 is 9.47 Å². The molecule has 0 spiro atoms. The van der Waals surface area contributed by atoms with Crippen LogP contribution in [0.1, 0.15) is 39.2 Å². The molecule has 0 bridgehead atoms. The Morgan fingerprint density at radius 1 is 1.00 bits per heavy atom. The molecule has 2 rings (SSSR count). The van der Waals surface area contributed by atoms with Crippen LogP contribution >= 0.6 is 0 Å². The van der Waals surface area contributed by atoms with Gasteiger partial charge in [-0.05, 0) is 67.6 Å². The van der Waals surface area contributed by atoms with Gasteiger partial charge in [0.15, 0.2) is 0 Å². The summed E-state index contributed by atoms with van der Waals surface area (Å²) in [7, 11) is 0. The van der Waals surface area contributed by atoms with Gasteiger partial charge in [-0.3, -0.25) is 0 Å². The number of nitrogens with one attached hydrogen (secondary N) is 1. The van der Waals surface area contributed by atoms with Crippen LogP contribution in [-0.2, 0) is 0 Å². The molecule has 0 aliphatic rings. The third-order valence-electron chi connectivity index (χ3n) is 4.10. The smallest absolute Gasteiger partial charge is 0.120 e. The minimum atomic E-state index is 0.142. The molecule has 1 unspecified atom stereocenters. The Balaban J connectivity index is 1.80. The molecule has 1 N–H and O–H groups in total. The van der Waals surface area contributed by atoms with Gasteiger partial charge in [-0.1, -0.05) is 32.9 Å². The van der Waals surface area contributed by atoms with Gasteiger partial charge >= 0.3 is 0 Å². The summed E-state index contributed by atoms with van der Waals surface area (Å²) in [6, 6.07) is 16.4. The van der Waals surface area contributed by atoms with E-state index in [4.69, 9.17) is 9.47 Å². The van der Waals surface area contributed by atoms with E-state index in [1.54, 1.807) is 0 Å². The van der Waals surface area contributed by atoms with Crippen LogP contribution in [0.4, 0.5) is 5.69 Å². The van der Waals surface area contributed by atoms with Gasteiger partial charge in [0.1, 0.15) is 17.6 Å². The summed E-state index contributed by atoms with van der Waals surface area (Å²) < 4.78 is 11.8. The maximum Gasteiger partial charge on any atom is 0.120 e. The van der Waals surface area contributed by atoms with Crippen molar-refractivity contribution in [1.29, 1.82) is 0 Å². The van der Waals surface area contributed by atoms with Crippen molar-refractivity contribution >= 4 is 5.69 Å². The summed E-state index contributed by atoms with van der Waals surface area (Å²) >= 11 is 0. The topological polar surface area (TPSA) is 30.5 Å². The minimum Gasteiger partial charge on any atom is -0.494 e. The summed E-state index contributed by atoms with van der Waals surface area (Å²) in [5.74, 6) is 2.53. The van der Waals surface area contributed by atoms with Crippen molar-refractivity contribution in [3.8, 4) is 11.5 Å². The molecule has 2 aromatic carbocycles. The zero-order chi connectivity index (χ0) is 18.1. The molecule has 0 radical (unpaired) electrons. The lowest BCUT2D eigenvalue weighted by atomic mass is 10.1. The van der Waals surface area contributed by atoms with Crippen LogP contribution in [0.15, 0.2) is 48.5 Å². The van der Waals surface area contributed by atoms with Crippen molar-refractivity contribution in [2.75, 3.05) is 18.5 Å². The number of aryl methyl sites for hydroxylation is 1. The van der Waals surface area contributed by atoms with E-state index in [-0.39, 0.29) is 6.10 Å². The summed E-state index contributed by atoms with van der Waals surface area (Å²) in [6.45, 7) is 10.2. The fourth-order valence-electron chi connectivity index (χ4n) is 2.46. The molecule has 1 atom stereocenters. The second-order valence-corrected chi connectivity index (χ2v) is 6.90. The molecule has 0 aliphatic heterocycles. The second-order valence-electron chi connectivity index (χ2n) is 6.90. The van der Waals surface area contributed by atoms with Crippen LogP contribution in [0.3, 0.4) is 0 Å². The largest absolute Gasteiger partial charge is 0.494 e. The van der Waals surface area contributed by atoms with Gasteiger partial charge in [-0.2, -0.15) is 0 Å². The predicted octanol–water partition coefficient (Wildman–Crippen LogP) is 5.69. The van der Waals surface area contributed by atoms with Gasteiger partial charge in [0.2, 0.25) is 0 Å². The van der Waals surface area contributed by atoms with Crippen molar-refractivity contribution in [3.05, 3.63) is 54.1 Å². The van der Waals surface area contributed by atoms with Crippen molar-refractivity contribution in [1.82, 2.24) is 0 Å². The molecule has 3 nitrogen and oxygen atoms in total. The lowest BCUT2D eigenvalue weighted by molar-refractivity contribution is 0.210. The molecular formula is C22H31NO2. The Morgan fingerprint density at radius 3 is 2.40 bits per heavy atom. The number of hydrogen-bond acceptors (Lipinski definition) is 3. The number of ether oxygens (including phenoxy) is 2. The molecule has 0 aromatic heterocycles. The third kappa shape index (κ3) is 7.08. The molecular weight excluding hydrogens is 310 g/mol. The standard InChI is InChI=1S/C22H31NO2/c1-5-20(25-22-8-6-7-18(4)15-22)16-23-19-9-11-21(12-10-19)24-14-13-17(2)3/h6-12,15,17,20,23H,5,13-14,16H2,1-4H3. The van der Waals surface area contributed by atoms with E-state index < -0.39 is 0 Å². The molecule has 136 valence electrons. The first kappa shape index (κ1) is 19.2. The van der Waals surface area contributed by atoms with Gasteiger partial charge in [-0.15, -0.1) is 0 Å². The zero-order valence-corrected chi connectivity index (χ0v) is 15.9. The van der Waals surface area contributed by atoms with Gasteiger partial charge in [-0.25, -0.2) is 0 Å². The van der Waals surface area contributed by atoms with Crippen LogP contribution in [-0.4, -0.2) is 19.3 Å². The highest BCUT2D eigenvalue weighted by Gasteiger charge is 2.08. The van der Waals surface area contributed by atoms with E-state index in [1.165, 1.54) is 5.56 Å². The predicted molar refractivity (Wildman–Crippen MR) is 106 cm³/mol. The molecule has 0 saturated heterocycles. The number of rotatable bonds is 10. The van der Waals surface area contributed by atoms with Crippen molar-refractivity contribution in [2.45, 2.75) is 46.6 Å². The number of benzene rings is 2. The molecule has 25 heavy (non-hydrogen) atoms. The SMILES string of the molecule is CCC(CNc1ccc(OCCC(C)C)cc1)Oc1cccc(C)c1. The Bertz CT molecular complexity index is 622. The van der Waals surface area contributed by atoms with Crippen LogP contribution < -0.4 is 14.8 Å². The summed E-state index contributed by atoms with van der Waals surface area (Å²) in [5, 5.41) is 3.45. The molecule has 2 aromatic rings. The zero-order valence-electron chi connectivity index (χ0n) is 15.9. The highest BCUT2D eigenvalue weighted by Crippen LogP contribution is 2.18. The second kappa shape index (κ2) is 9.97. The van der Waals surface area contributed by atoms with Crippen molar-refractivity contribution in [3.63, 3.8) is 0 Å². The molecule has 0 heterocycles. The van der Waals surface area contributed by atoms with Gasteiger partial charge < -0.3 is 14.8 Å². The lowest BCUT2D eigenvalue weighted by Crippen LogP contribution is -2.25. The number of hydrogen-bond donors (Lipinski definition) is 1. The first-order chi connectivity index (χ1) is 12.1. The molecule has 3 heteroatoms. The number of anilines is 1. The normalized spacial score (nSPS) is 12.0. The highest BCUT2D eigenvalue weighted by atomic mass is 16.5. The average Bonchev–Trinajstić information content (AvgIpc) is 2.59. The van der Waals surface area contributed by atoms with E-state index in [0.29, 0.717) is 5.92 Å². The molecule has 0 fully saturated rings. The maximum atomic E-state index is 6.08. The quantitative estimate of drug-likeness (QED) is 0.602. The van der Waals surface area contributed by atoms with E-state index in [9.17, 15) is 0 Å². The Kier molecular flexibility index (Phi) is 7.65. The minimum absolute atomic E-state index is 0.142. The fraction of sp³-hybridized carbons (Fsp3) is 0.455. The van der Waals surface area contributed by atoms with Gasteiger partial charge in [0, 0.05) is 5.69 Å². The Morgan fingerprint density at radius 2 is 1.76 bits per heavy atom. The van der Waals surface area contributed by atoms with Gasteiger partial charge in [0.05, 0.1) is 13.2 Å². The van der Waals surface area contributed by atoms with Crippen LogP contribution in [0.25, 0.3) is 0 Å². The first-order valence-corrected chi connectivity index (χ1v) is 9.27. The molecule has 0 amide bonds. The fourth-order valence-corrected chi connectivity index (χ4v) is 2.46. The average molecular weight is 341 g/mol. The van der Waals surface area contributed by atoms with Crippen molar-refractivity contribution in [2.24, 2.45) is 5.92 Å². The van der Waals surface area contributed by atoms with E-state index in [0.717, 1.165) is 43.2 Å². The van der Waals surface area contributed by atoms with E-state index in [2.05, 4.69) is 57.3 Å². The molecule has 0 saturated carbocycles. The van der Waals surface area contributed by atoms with E-state index in [1.807, 2.05) is 24.3 Å². The van der Waals surface area contributed by atoms with Gasteiger partial charge in [0.25, 0.3) is 0 Å². The summed E-state index contributed by atoms with van der Waals surface area (Å²) in [6.07, 6.45) is 2.18.